The van der Waals surface area contributed by atoms with Gasteiger partial charge in [0, 0.05) is 18.0 Å². The van der Waals surface area contributed by atoms with E-state index < -0.39 is 0 Å². The number of benzene rings is 1. The third-order valence-electron chi connectivity index (χ3n) is 5.34. The first-order valence-corrected chi connectivity index (χ1v) is 10.3. The van der Waals surface area contributed by atoms with Gasteiger partial charge in [-0.15, -0.1) is 0 Å². The second kappa shape index (κ2) is 8.47. The van der Waals surface area contributed by atoms with Gasteiger partial charge in [-0.2, -0.15) is 5.10 Å². The highest BCUT2D eigenvalue weighted by Gasteiger charge is 2.20. The molecule has 4 heterocycles. The van der Waals surface area contributed by atoms with Crippen LogP contribution in [0.1, 0.15) is 34.6 Å². The van der Waals surface area contributed by atoms with E-state index in [4.69, 9.17) is 9.40 Å². The molecule has 0 aliphatic rings. The molecule has 1 aromatic carbocycles. The van der Waals surface area contributed by atoms with E-state index in [0.29, 0.717) is 28.8 Å². The third-order valence-corrected chi connectivity index (χ3v) is 5.34. The molecule has 1 unspecified atom stereocenters. The summed E-state index contributed by atoms with van der Waals surface area (Å²) in [6.45, 7) is 2.38. The molecule has 0 saturated carbocycles. The molecule has 1 N–H and O–H groups in total. The van der Waals surface area contributed by atoms with Gasteiger partial charge in [-0.05, 0) is 42.8 Å². The summed E-state index contributed by atoms with van der Waals surface area (Å²) in [5.41, 5.74) is 3.64. The zero-order valence-corrected chi connectivity index (χ0v) is 17.5. The van der Waals surface area contributed by atoms with E-state index in [0.717, 1.165) is 16.9 Å². The van der Waals surface area contributed by atoms with E-state index in [9.17, 15) is 4.79 Å². The molecule has 0 spiro atoms. The maximum absolute atomic E-state index is 13.3. The number of nitrogens with zero attached hydrogens (tertiary/aromatic N) is 4. The molecular formula is C25H21N5O2. The average molecular weight is 423 g/mol. The highest BCUT2D eigenvalue weighted by Crippen LogP contribution is 2.26. The number of carbonyl (C=O) groups excluding carboxylic acids is 1. The molecule has 4 aromatic heterocycles. The zero-order valence-electron chi connectivity index (χ0n) is 17.5. The molecule has 0 bridgehead atoms. The summed E-state index contributed by atoms with van der Waals surface area (Å²) in [7, 11) is 0. The van der Waals surface area contributed by atoms with Crippen molar-refractivity contribution in [2.75, 3.05) is 0 Å². The van der Waals surface area contributed by atoms with Gasteiger partial charge < -0.3 is 9.73 Å². The quantitative estimate of drug-likeness (QED) is 0.430. The van der Waals surface area contributed by atoms with E-state index in [2.05, 4.69) is 15.4 Å². The van der Waals surface area contributed by atoms with Crippen molar-refractivity contribution in [3.63, 3.8) is 0 Å². The number of fused-ring (bicyclic) bond motifs is 1. The normalized spacial score (nSPS) is 12.0. The van der Waals surface area contributed by atoms with Crippen LogP contribution in [0.15, 0.2) is 89.9 Å². The maximum atomic E-state index is 13.3. The number of carbonyl (C=O) groups is 1. The first-order chi connectivity index (χ1) is 15.7. The van der Waals surface area contributed by atoms with Crippen LogP contribution in [0, 0.1) is 0 Å². The Morgan fingerprint density at radius 1 is 1.09 bits per heavy atom. The van der Waals surface area contributed by atoms with Crippen LogP contribution in [-0.2, 0) is 6.54 Å². The lowest BCUT2D eigenvalue weighted by Gasteiger charge is -2.15. The second-order valence-corrected chi connectivity index (χ2v) is 7.52. The van der Waals surface area contributed by atoms with E-state index in [1.807, 2.05) is 61.5 Å². The fourth-order valence-electron chi connectivity index (χ4n) is 3.66. The van der Waals surface area contributed by atoms with Gasteiger partial charge in [0.05, 0.1) is 35.1 Å². The molecule has 1 atom stereocenters. The van der Waals surface area contributed by atoms with Crippen LogP contribution in [0.25, 0.3) is 22.3 Å². The van der Waals surface area contributed by atoms with Gasteiger partial charge in [-0.25, -0.2) is 9.67 Å². The van der Waals surface area contributed by atoms with Crippen LogP contribution < -0.4 is 5.32 Å². The van der Waals surface area contributed by atoms with Crippen LogP contribution in [0.3, 0.4) is 0 Å². The Morgan fingerprint density at radius 2 is 1.97 bits per heavy atom. The Morgan fingerprint density at radius 3 is 2.72 bits per heavy atom. The molecule has 32 heavy (non-hydrogen) atoms. The van der Waals surface area contributed by atoms with Gasteiger partial charge in [0.2, 0.25) is 0 Å². The first kappa shape index (κ1) is 19.7. The lowest BCUT2D eigenvalue weighted by molar-refractivity contribution is 0.0941. The Labute approximate surface area is 184 Å². The van der Waals surface area contributed by atoms with E-state index in [1.54, 1.807) is 35.6 Å². The minimum Gasteiger partial charge on any atom is -0.467 e. The summed E-state index contributed by atoms with van der Waals surface area (Å²) in [6.07, 6.45) is 6.74. The summed E-state index contributed by atoms with van der Waals surface area (Å²) >= 11 is 0. The second-order valence-electron chi connectivity index (χ2n) is 7.52. The molecule has 7 nitrogen and oxygen atoms in total. The minimum absolute atomic E-state index is 0.146. The molecule has 5 rings (SSSR count). The van der Waals surface area contributed by atoms with Crippen molar-refractivity contribution in [1.29, 1.82) is 0 Å². The van der Waals surface area contributed by atoms with Crippen molar-refractivity contribution < 1.29 is 9.21 Å². The Hall–Kier alpha value is -4.26. The fourth-order valence-corrected chi connectivity index (χ4v) is 3.66. The molecule has 1 amide bonds. The summed E-state index contributed by atoms with van der Waals surface area (Å²) in [4.78, 5) is 22.3. The molecule has 5 aromatic rings. The monoisotopic (exact) mass is 423 g/mol. The Balaban J connectivity index is 1.57. The Kier molecular flexibility index (Phi) is 5.21. The van der Waals surface area contributed by atoms with Gasteiger partial charge >= 0.3 is 0 Å². The molecule has 0 radical (unpaired) electrons. The van der Waals surface area contributed by atoms with Gasteiger partial charge in [-0.1, -0.05) is 30.3 Å². The van der Waals surface area contributed by atoms with Crippen LogP contribution in [0.5, 0.6) is 0 Å². The van der Waals surface area contributed by atoms with Crippen LogP contribution in [-0.4, -0.2) is 25.7 Å². The molecule has 0 fully saturated rings. The lowest BCUT2D eigenvalue weighted by atomic mass is 10.1. The number of aromatic nitrogens is 4. The third kappa shape index (κ3) is 3.88. The van der Waals surface area contributed by atoms with Crippen molar-refractivity contribution in [3.8, 4) is 11.3 Å². The van der Waals surface area contributed by atoms with Crippen LogP contribution in [0.4, 0.5) is 0 Å². The molecule has 0 aliphatic heterocycles. The molecular weight excluding hydrogens is 402 g/mol. The van der Waals surface area contributed by atoms with Crippen LogP contribution >= 0.6 is 0 Å². The zero-order chi connectivity index (χ0) is 21.9. The summed E-state index contributed by atoms with van der Waals surface area (Å²) in [5, 5.41) is 8.27. The average Bonchev–Trinajstić information content (AvgIpc) is 3.50. The number of rotatable bonds is 6. The maximum Gasteiger partial charge on any atom is 0.252 e. The van der Waals surface area contributed by atoms with Gasteiger partial charge in [0.25, 0.3) is 5.91 Å². The number of hydrogen-bond acceptors (Lipinski definition) is 5. The Bertz CT molecular complexity index is 1350. The lowest BCUT2D eigenvalue weighted by Crippen LogP contribution is -2.27. The van der Waals surface area contributed by atoms with E-state index in [-0.39, 0.29) is 11.9 Å². The van der Waals surface area contributed by atoms with Gasteiger partial charge in [0.15, 0.2) is 5.65 Å². The van der Waals surface area contributed by atoms with Gasteiger partial charge in [0.1, 0.15) is 12.3 Å². The van der Waals surface area contributed by atoms with Crippen molar-refractivity contribution in [1.82, 2.24) is 25.1 Å². The van der Waals surface area contributed by atoms with Crippen molar-refractivity contribution in [3.05, 3.63) is 102 Å². The highest BCUT2D eigenvalue weighted by molar-refractivity contribution is 6.06. The fraction of sp³-hybridized carbons (Fsp3) is 0.120. The smallest absolute Gasteiger partial charge is 0.252 e. The summed E-state index contributed by atoms with van der Waals surface area (Å²) < 4.78 is 7.21. The first-order valence-electron chi connectivity index (χ1n) is 10.3. The van der Waals surface area contributed by atoms with Crippen molar-refractivity contribution >= 4 is 16.9 Å². The number of amides is 1. The summed E-state index contributed by atoms with van der Waals surface area (Å²) in [5.74, 6) is 0.573. The topological polar surface area (TPSA) is 85.8 Å². The van der Waals surface area contributed by atoms with Crippen molar-refractivity contribution in [2.24, 2.45) is 0 Å². The molecule has 0 saturated heterocycles. The SMILES string of the molecule is CC(NC(=O)c1cc(-c2cccnc2)nc2c1cnn2Cc1ccco1)c1ccccc1. The highest BCUT2D eigenvalue weighted by atomic mass is 16.3. The number of furan rings is 1. The van der Waals surface area contributed by atoms with E-state index >= 15 is 0 Å². The number of nitrogens with one attached hydrogen (secondary N) is 1. The minimum atomic E-state index is -0.184. The van der Waals surface area contributed by atoms with Crippen molar-refractivity contribution in [2.45, 2.75) is 19.5 Å². The van der Waals surface area contributed by atoms with Crippen LogP contribution in [0.2, 0.25) is 0 Å². The molecule has 158 valence electrons. The number of hydrogen-bond donors (Lipinski definition) is 1. The van der Waals surface area contributed by atoms with Gasteiger partial charge in [-0.3, -0.25) is 9.78 Å². The number of pyridine rings is 2. The standard InChI is InChI=1S/C25H21N5O2/c1-17(18-7-3-2-4-8-18)28-25(31)21-13-23(19-9-5-11-26-14-19)29-24-22(21)15-27-30(24)16-20-10-6-12-32-20/h2-15,17H,16H2,1H3,(H,28,31). The summed E-state index contributed by atoms with van der Waals surface area (Å²) in [6, 6.07) is 19.0. The molecule has 7 heteroatoms. The van der Waals surface area contributed by atoms with E-state index in [1.165, 1.54) is 0 Å². The largest absolute Gasteiger partial charge is 0.467 e. The predicted octanol–water partition coefficient (Wildman–Crippen LogP) is 4.63. The molecule has 0 aliphatic carbocycles. The predicted molar refractivity (Wildman–Crippen MR) is 121 cm³/mol.